The highest BCUT2D eigenvalue weighted by Gasteiger charge is 2.24. The maximum absolute atomic E-state index is 8.82. The van der Waals surface area contributed by atoms with Crippen LogP contribution in [0.5, 0.6) is 0 Å². The van der Waals surface area contributed by atoms with E-state index in [2.05, 4.69) is 14.9 Å². The fourth-order valence-corrected chi connectivity index (χ4v) is 2.18. The van der Waals surface area contributed by atoms with Crippen LogP contribution in [-0.2, 0) is 0 Å². The normalized spacial score (nSPS) is 21.9. The van der Waals surface area contributed by atoms with E-state index in [9.17, 15) is 0 Å². The largest absolute Gasteiger partial charge is 0.340 e. The zero-order valence-corrected chi connectivity index (χ0v) is 10.0. The van der Waals surface area contributed by atoms with E-state index in [1.54, 1.807) is 12.3 Å². The standard InChI is InChI=1S/C12H17N5/c1-9(14)10-3-2-6-17(8-10)12-15-5-4-11(7-13)16-12/h4-5,9-10H,2-3,6,8,14H2,1H3. The van der Waals surface area contributed by atoms with Gasteiger partial charge in [0, 0.05) is 25.3 Å². The number of rotatable bonds is 2. The Morgan fingerprint density at radius 2 is 2.47 bits per heavy atom. The molecule has 2 atom stereocenters. The van der Waals surface area contributed by atoms with Crippen LogP contribution in [0.4, 0.5) is 5.95 Å². The van der Waals surface area contributed by atoms with Crippen molar-refractivity contribution in [1.82, 2.24) is 9.97 Å². The summed E-state index contributed by atoms with van der Waals surface area (Å²) >= 11 is 0. The third-order valence-electron chi connectivity index (χ3n) is 3.24. The first kappa shape index (κ1) is 11.8. The number of nitrogens with zero attached hydrogens (tertiary/aromatic N) is 4. The summed E-state index contributed by atoms with van der Waals surface area (Å²) in [5, 5.41) is 8.82. The molecule has 0 saturated carbocycles. The van der Waals surface area contributed by atoms with Crippen molar-refractivity contribution in [1.29, 1.82) is 5.26 Å². The quantitative estimate of drug-likeness (QED) is 0.818. The number of piperidine rings is 1. The Morgan fingerprint density at radius 3 is 3.18 bits per heavy atom. The molecule has 0 bridgehead atoms. The summed E-state index contributed by atoms with van der Waals surface area (Å²) in [6.45, 7) is 3.87. The van der Waals surface area contributed by atoms with E-state index in [0.29, 0.717) is 17.6 Å². The van der Waals surface area contributed by atoms with Crippen molar-refractivity contribution in [2.75, 3.05) is 18.0 Å². The zero-order chi connectivity index (χ0) is 12.3. The molecule has 0 aliphatic carbocycles. The lowest BCUT2D eigenvalue weighted by Gasteiger charge is -2.34. The van der Waals surface area contributed by atoms with Crippen LogP contribution in [0, 0.1) is 17.2 Å². The van der Waals surface area contributed by atoms with Crippen molar-refractivity contribution < 1.29 is 0 Å². The second kappa shape index (κ2) is 5.11. The van der Waals surface area contributed by atoms with Crippen molar-refractivity contribution >= 4 is 5.95 Å². The molecule has 1 fully saturated rings. The van der Waals surface area contributed by atoms with Crippen LogP contribution in [0.3, 0.4) is 0 Å². The highest BCUT2D eigenvalue weighted by molar-refractivity contribution is 5.34. The van der Waals surface area contributed by atoms with Gasteiger partial charge in [0.1, 0.15) is 11.8 Å². The summed E-state index contributed by atoms with van der Waals surface area (Å²) in [4.78, 5) is 10.6. The first-order valence-corrected chi connectivity index (χ1v) is 5.94. The van der Waals surface area contributed by atoms with E-state index < -0.39 is 0 Å². The van der Waals surface area contributed by atoms with Crippen LogP contribution in [0.15, 0.2) is 12.3 Å². The van der Waals surface area contributed by atoms with Crippen LogP contribution < -0.4 is 10.6 Å². The van der Waals surface area contributed by atoms with Crippen LogP contribution in [0.1, 0.15) is 25.5 Å². The molecule has 0 spiro atoms. The van der Waals surface area contributed by atoms with E-state index >= 15 is 0 Å². The SMILES string of the molecule is CC(N)C1CCCN(c2nccc(C#N)n2)C1. The Labute approximate surface area is 101 Å². The molecule has 2 heterocycles. The van der Waals surface area contributed by atoms with Gasteiger partial charge in [-0.05, 0) is 31.7 Å². The summed E-state index contributed by atoms with van der Waals surface area (Å²) in [6, 6.07) is 3.85. The number of aromatic nitrogens is 2. The fourth-order valence-electron chi connectivity index (χ4n) is 2.18. The third kappa shape index (κ3) is 2.71. The third-order valence-corrected chi connectivity index (χ3v) is 3.24. The van der Waals surface area contributed by atoms with Crippen molar-refractivity contribution in [3.63, 3.8) is 0 Å². The van der Waals surface area contributed by atoms with E-state index in [0.717, 1.165) is 25.9 Å². The summed E-state index contributed by atoms with van der Waals surface area (Å²) in [5.41, 5.74) is 6.36. The molecule has 0 radical (unpaired) electrons. The lowest BCUT2D eigenvalue weighted by atomic mass is 9.92. The minimum atomic E-state index is 0.192. The van der Waals surface area contributed by atoms with Gasteiger partial charge < -0.3 is 10.6 Å². The van der Waals surface area contributed by atoms with Gasteiger partial charge in [-0.25, -0.2) is 9.97 Å². The molecule has 1 aliphatic rings. The van der Waals surface area contributed by atoms with Gasteiger partial charge >= 0.3 is 0 Å². The number of hydrogen-bond donors (Lipinski definition) is 1. The molecule has 1 aromatic heterocycles. The Hall–Kier alpha value is -1.67. The summed E-state index contributed by atoms with van der Waals surface area (Å²) in [6.07, 6.45) is 3.90. The number of hydrogen-bond acceptors (Lipinski definition) is 5. The summed E-state index contributed by atoms with van der Waals surface area (Å²) < 4.78 is 0. The van der Waals surface area contributed by atoms with Gasteiger partial charge in [0.05, 0.1) is 0 Å². The topological polar surface area (TPSA) is 78.8 Å². The highest BCUT2D eigenvalue weighted by Crippen LogP contribution is 2.21. The van der Waals surface area contributed by atoms with E-state index in [-0.39, 0.29) is 6.04 Å². The molecular formula is C12H17N5. The number of anilines is 1. The second-order valence-electron chi connectivity index (χ2n) is 4.56. The lowest BCUT2D eigenvalue weighted by molar-refractivity contribution is 0.361. The molecule has 1 saturated heterocycles. The monoisotopic (exact) mass is 231 g/mol. The Bertz CT molecular complexity index is 423. The van der Waals surface area contributed by atoms with Crippen molar-refractivity contribution in [3.05, 3.63) is 18.0 Å². The highest BCUT2D eigenvalue weighted by atomic mass is 15.3. The van der Waals surface area contributed by atoms with Crippen LogP contribution in [0.2, 0.25) is 0 Å². The van der Waals surface area contributed by atoms with Crippen molar-refractivity contribution in [3.8, 4) is 6.07 Å². The second-order valence-corrected chi connectivity index (χ2v) is 4.56. The van der Waals surface area contributed by atoms with Gasteiger partial charge in [-0.3, -0.25) is 0 Å². The van der Waals surface area contributed by atoms with Crippen molar-refractivity contribution in [2.45, 2.75) is 25.8 Å². The Balaban J connectivity index is 2.13. The summed E-state index contributed by atoms with van der Waals surface area (Å²) in [5.74, 6) is 1.13. The molecule has 17 heavy (non-hydrogen) atoms. The molecule has 5 nitrogen and oxygen atoms in total. The zero-order valence-electron chi connectivity index (χ0n) is 10.0. The van der Waals surface area contributed by atoms with E-state index in [4.69, 9.17) is 11.0 Å². The first-order valence-electron chi connectivity index (χ1n) is 5.94. The minimum Gasteiger partial charge on any atom is -0.340 e. The molecule has 0 aromatic carbocycles. The smallest absolute Gasteiger partial charge is 0.226 e. The summed E-state index contributed by atoms with van der Waals surface area (Å²) in [7, 11) is 0. The van der Waals surface area contributed by atoms with E-state index in [1.807, 2.05) is 13.0 Å². The van der Waals surface area contributed by atoms with Gasteiger partial charge in [0.25, 0.3) is 0 Å². The Morgan fingerprint density at radius 1 is 1.65 bits per heavy atom. The number of nitrogens with two attached hydrogens (primary N) is 1. The van der Waals surface area contributed by atoms with Gasteiger partial charge in [0.15, 0.2) is 0 Å². The molecule has 1 aromatic rings. The van der Waals surface area contributed by atoms with E-state index in [1.165, 1.54) is 0 Å². The molecule has 1 aliphatic heterocycles. The molecular weight excluding hydrogens is 214 g/mol. The van der Waals surface area contributed by atoms with Crippen LogP contribution in [0.25, 0.3) is 0 Å². The van der Waals surface area contributed by atoms with Gasteiger partial charge in [-0.15, -0.1) is 0 Å². The maximum atomic E-state index is 8.82. The Kier molecular flexibility index (Phi) is 3.55. The first-order chi connectivity index (χ1) is 8.20. The molecule has 90 valence electrons. The molecule has 2 unspecified atom stereocenters. The predicted octanol–water partition coefficient (Wildman–Crippen LogP) is 0.912. The molecule has 0 amide bonds. The van der Waals surface area contributed by atoms with Crippen molar-refractivity contribution in [2.24, 2.45) is 11.7 Å². The fraction of sp³-hybridized carbons (Fsp3) is 0.583. The van der Waals surface area contributed by atoms with Crippen LogP contribution in [-0.4, -0.2) is 29.1 Å². The minimum absolute atomic E-state index is 0.192. The average molecular weight is 231 g/mol. The average Bonchev–Trinajstić information content (AvgIpc) is 2.39. The molecule has 2 N–H and O–H groups in total. The molecule has 2 rings (SSSR count). The maximum Gasteiger partial charge on any atom is 0.226 e. The van der Waals surface area contributed by atoms with Gasteiger partial charge in [0.2, 0.25) is 5.95 Å². The lowest BCUT2D eigenvalue weighted by Crippen LogP contribution is -2.43. The van der Waals surface area contributed by atoms with Gasteiger partial charge in [-0.2, -0.15) is 5.26 Å². The van der Waals surface area contributed by atoms with Crippen LogP contribution >= 0.6 is 0 Å². The predicted molar refractivity (Wildman–Crippen MR) is 65.3 cm³/mol. The van der Waals surface area contributed by atoms with Gasteiger partial charge in [-0.1, -0.05) is 0 Å². The molecule has 5 heteroatoms. The number of nitriles is 1.